The lowest BCUT2D eigenvalue weighted by Crippen LogP contribution is -2.57. The van der Waals surface area contributed by atoms with E-state index in [0.717, 1.165) is 0 Å². The Morgan fingerprint density at radius 2 is 1.56 bits per heavy atom. The van der Waals surface area contributed by atoms with Gasteiger partial charge in [-0.2, -0.15) is 0 Å². The first-order valence-corrected chi connectivity index (χ1v) is 12.5. The predicted molar refractivity (Wildman–Crippen MR) is 141 cm³/mol. The molecule has 4 unspecified atom stereocenters. The molecule has 0 aliphatic heterocycles. The Bertz CT molecular complexity index is 994. The standard InChI is InChI=1S/C23H40N10O6/c1-12(2)8-17(22(38)39)33-20(36)15(4-3-7-29-23(26)27)32-21(37)16(5-6-18(25)34)31-19(35)14(24)9-13-10-28-11-30-13/h10-12,14-17H,3-9,24H2,1-2H3,(H2,25,34)(H,28,30)(H,31,35)(H,32,37)(H,33,36)(H,38,39)(H4,26,27,29). The van der Waals surface area contributed by atoms with Crippen molar-refractivity contribution >= 4 is 35.6 Å². The number of H-pyrrole nitrogens is 1. The summed E-state index contributed by atoms with van der Waals surface area (Å²) in [5.41, 5.74) is 22.4. The smallest absolute Gasteiger partial charge is 0.326 e. The zero-order chi connectivity index (χ0) is 29.5. The molecule has 39 heavy (non-hydrogen) atoms. The molecule has 0 aliphatic rings. The summed E-state index contributed by atoms with van der Waals surface area (Å²) in [5.74, 6) is -4.29. The molecule has 1 aromatic rings. The summed E-state index contributed by atoms with van der Waals surface area (Å²) in [6.07, 6.45) is 3.14. The Morgan fingerprint density at radius 1 is 0.974 bits per heavy atom. The second-order valence-electron chi connectivity index (χ2n) is 9.49. The molecule has 1 aromatic heterocycles. The maximum Gasteiger partial charge on any atom is 0.326 e. The number of carboxylic acids is 1. The number of guanidine groups is 1. The number of amides is 4. The van der Waals surface area contributed by atoms with Crippen LogP contribution in [0, 0.1) is 5.92 Å². The molecule has 0 radical (unpaired) electrons. The number of nitrogens with one attached hydrogen (secondary N) is 4. The van der Waals surface area contributed by atoms with E-state index in [9.17, 15) is 29.1 Å². The van der Waals surface area contributed by atoms with Crippen molar-refractivity contribution in [3.05, 3.63) is 18.2 Å². The second kappa shape index (κ2) is 16.6. The fourth-order valence-corrected chi connectivity index (χ4v) is 3.57. The van der Waals surface area contributed by atoms with Gasteiger partial charge in [0.25, 0.3) is 0 Å². The van der Waals surface area contributed by atoms with E-state index in [1.165, 1.54) is 12.5 Å². The number of hydrogen-bond donors (Lipinski definition) is 9. The van der Waals surface area contributed by atoms with Gasteiger partial charge in [-0.05, 0) is 31.6 Å². The van der Waals surface area contributed by atoms with Gasteiger partial charge in [0.15, 0.2) is 5.96 Å². The van der Waals surface area contributed by atoms with Gasteiger partial charge in [-0.15, -0.1) is 0 Å². The molecule has 0 fully saturated rings. The zero-order valence-electron chi connectivity index (χ0n) is 22.2. The fourth-order valence-electron chi connectivity index (χ4n) is 3.57. The van der Waals surface area contributed by atoms with Crippen molar-refractivity contribution in [2.45, 2.75) is 76.5 Å². The molecule has 16 nitrogen and oxygen atoms in total. The number of imidazole rings is 1. The first kappa shape index (κ1) is 32.8. The molecule has 1 rings (SSSR count). The number of carbonyl (C=O) groups excluding carboxylic acids is 4. The summed E-state index contributed by atoms with van der Waals surface area (Å²) in [4.78, 5) is 72.5. The van der Waals surface area contributed by atoms with Crippen molar-refractivity contribution in [1.82, 2.24) is 25.9 Å². The number of nitrogens with two attached hydrogens (primary N) is 4. The normalized spacial score (nSPS) is 13.9. The van der Waals surface area contributed by atoms with Gasteiger partial charge in [-0.1, -0.05) is 13.8 Å². The monoisotopic (exact) mass is 552 g/mol. The third-order valence-corrected chi connectivity index (χ3v) is 5.54. The molecule has 16 heteroatoms. The van der Waals surface area contributed by atoms with Crippen LogP contribution in [0.25, 0.3) is 0 Å². The quantitative estimate of drug-likeness (QED) is 0.0511. The number of primary amides is 1. The predicted octanol–water partition coefficient (Wildman–Crippen LogP) is -2.82. The highest BCUT2D eigenvalue weighted by Gasteiger charge is 2.30. The van der Waals surface area contributed by atoms with Crippen LogP contribution in [0.15, 0.2) is 17.5 Å². The molecule has 4 amide bonds. The van der Waals surface area contributed by atoms with Gasteiger partial charge in [0.2, 0.25) is 23.6 Å². The minimum absolute atomic E-state index is 0.0272. The summed E-state index contributed by atoms with van der Waals surface area (Å²) in [7, 11) is 0. The Hall–Kier alpha value is -4.21. The Kier molecular flexibility index (Phi) is 14.0. The minimum atomic E-state index is -1.25. The summed E-state index contributed by atoms with van der Waals surface area (Å²) in [5, 5.41) is 17.0. The molecule has 0 saturated heterocycles. The van der Waals surface area contributed by atoms with Gasteiger partial charge in [0, 0.05) is 31.3 Å². The number of carboxylic acid groups (broad SMARTS) is 1. The lowest BCUT2D eigenvalue weighted by Gasteiger charge is -2.25. The first-order valence-electron chi connectivity index (χ1n) is 12.5. The molecule has 4 atom stereocenters. The van der Waals surface area contributed by atoms with Crippen LogP contribution in [-0.2, 0) is 30.4 Å². The van der Waals surface area contributed by atoms with E-state index in [1.54, 1.807) is 13.8 Å². The number of carbonyl (C=O) groups is 5. The maximum absolute atomic E-state index is 13.2. The van der Waals surface area contributed by atoms with Crippen LogP contribution >= 0.6 is 0 Å². The molecule has 0 bridgehead atoms. The van der Waals surface area contributed by atoms with Gasteiger partial charge < -0.3 is 49.0 Å². The van der Waals surface area contributed by atoms with Crippen LogP contribution in [0.5, 0.6) is 0 Å². The second-order valence-corrected chi connectivity index (χ2v) is 9.49. The molecule has 1 heterocycles. The minimum Gasteiger partial charge on any atom is -0.480 e. The van der Waals surface area contributed by atoms with E-state index in [0.29, 0.717) is 5.69 Å². The van der Waals surface area contributed by atoms with Gasteiger partial charge in [-0.25, -0.2) is 9.78 Å². The fraction of sp³-hybridized carbons (Fsp3) is 0.609. The molecule has 0 spiro atoms. The molecule has 218 valence electrons. The van der Waals surface area contributed by atoms with Crippen LogP contribution in [0.3, 0.4) is 0 Å². The van der Waals surface area contributed by atoms with Crippen molar-refractivity contribution in [1.29, 1.82) is 0 Å². The van der Waals surface area contributed by atoms with Crippen molar-refractivity contribution < 1.29 is 29.1 Å². The lowest BCUT2D eigenvalue weighted by atomic mass is 10.0. The van der Waals surface area contributed by atoms with Crippen molar-refractivity contribution in [3.8, 4) is 0 Å². The van der Waals surface area contributed by atoms with Gasteiger partial charge in [0.05, 0.1) is 12.4 Å². The molecule has 0 saturated carbocycles. The van der Waals surface area contributed by atoms with Crippen LogP contribution in [0.4, 0.5) is 0 Å². The Morgan fingerprint density at radius 3 is 2.08 bits per heavy atom. The first-order chi connectivity index (χ1) is 18.3. The number of hydrogen-bond acceptors (Lipinski definition) is 8. The van der Waals surface area contributed by atoms with Gasteiger partial charge in [0.1, 0.15) is 18.1 Å². The highest BCUT2D eigenvalue weighted by atomic mass is 16.4. The number of aliphatic carboxylic acids is 1. The van der Waals surface area contributed by atoms with E-state index >= 15 is 0 Å². The van der Waals surface area contributed by atoms with Crippen LogP contribution in [-0.4, -0.2) is 81.3 Å². The van der Waals surface area contributed by atoms with Crippen molar-refractivity contribution in [2.75, 3.05) is 6.54 Å². The zero-order valence-corrected chi connectivity index (χ0v) is 22.2. The number of rotatable bonds is 18. The summed E-state index contributed by atoms with van der Waals surface area (Å²) in [6, 6.07) is -4.66. The number of aliphatic imine (C=N–C) groups is 1. The van der Waals surface area contributed by atoms with Crippen LogP contribution in [0.1, 0.15) is 51.6 Å². The van der Waals surface area contributed by atoms with Gasteiger partial charge >= 0.3 is 5.97 Å². The molecule has 0 aromatic carbocycles. The van der Waals surface area contributed by atoms with E-state index < -0.39 is 53.8 Å². The number of aromatic nitrogens is 2. The number of aromatic amines is 1. The third-order valence-electron chi connectivity index (χ3n) is 5.54. The third kappa shape index (κ3) is 13.2. The summed E-state index contributed by atoms with van der Waals surface area (Å²) >= 11 is 0. The van der Waals surface area contributed by atoms with Gasteiger partial charge in [-0.3, -0.25) is 24.2 Å². The Labute approximate surface area is 226 Å². The topological polar surface area (TPSA) is 287 Å². The molecular weight excluding hydrogens is 512 g/mol. The van der Waals surface area contributed by atoms with Crippen LogP contribution in [0.2, 0.25) is 0 Å². The maximum atomic E-state index is 13.2. The average Bonchev–Trinajstić information content (AvgIpc) is 3.35. The largest absolute Gasteiger partial charge is 0.480 e. The molecule has 0 aliphatic carbocycles. The SMILES string of the molecule is CC(C)CC(NC(=O)C(CCCN=C(N)N)NC(=O)C(CCC(N)=O)NC(=O)C(N)Cc1cnc[nH]1)C(=O)O. The van der Waals surface area contributed by atoms with E-state index in [4.69, 9.17) is 22.9 Å². The van der Waals surface area contributed by atoms with E-state index in [2.05, 4.69) is 30.9 Å². The van der Waals surface area contributed by atoms with E-state index in [1.807, 2.05) is 0 Å². The summed E-state index contributed by atoms with van der Waals surface area (Å²) in [6.45, 7) is 3.76. The lowest BCUT2D eigenvalue weighted by molar-refractivity contribution is -0.142. The Balaban J connectivity index is 3.04. The van der Waals surface area contributed by atoms with Crippen molar-refractivity contribution in [2.24, 2.45) is 33.8 Å². The molecule has 13 N–H and O–H groups in total. The van der Waals surface area contributed by atoms with E-state index in [-0.39, 0.29) is 56.9 Å². The molecular formula is C23H40N10O6. The summed E-state index contributed by atoms with van der Waals surface area (Å²) < 4.78 is 0. The average molecular weight is 553 g/mol. The highest BCUT2D eigenvalue weighted by molar-refractivity contribution is 5.94. The van der Waals surface area contributed by atoms with Crippen LogP contribution < -0.4 is 38.9 Å². The van der Waals surface area contributed by atoms with Crippen molar-refractivity contribution in [3.63, 3.8) is 0 Å². The number of nitrogens with zero attached hydrogens (tertiary/aromatic N) is 2. The highest BCUT2D eigenvalue weighted by Crippen LogP contribution is 2.08.